The van der Waals surface area contributed by atoms with Crippen LogP contribution in [-0.4, -0.2) is 196 Å². The summed E-state index contributed by atoms with van der Waals surface area (Å²) in [5, 5.41) is 27.6. The van der Waals surface area contributed by atoms with Crippen molar-refractivity contribution in [2.24, 2.45) is 35.3 Å². The van der Waals surface area contributed by atoms with Gasteiger partial charge in [0.2, 0.25) is 41.4 Å². The summed E-state index contributed by atoms with van der Waals surface area (Å²) in [6, 6.07) is 8.92. The van der Waals surface area contributed by atoms with E-state index in [9.17, 15) is 48.3 Å². The molecule has 0 aliphatic carbocycles. The molecule has 3 rings (SSSR count). The first-order valence-corrected chi connectivity index (χ1v) is 31.7. The predicted molar refractivity (Wildman–Crippen MR) is 341 cm³/mol. The molecule has 12 atom stereocenters. The van der Waals surface area contributed by atoms with Gasteiger partial charge in [0.1, 0.15) is 30.8 Å². The quantitative estimate of drug-likeness (QED) is 0.0407. The number of anilines is 1. The van der Waals surface area contributed by atoms with Crippen LogP contribution in [0.15, 0.2) is 54.6 Å². The van der Waals surface area contributed by atoms with Gasteiger partial charge in [-0.25, -0.2) is 9.59 Å². The van der Waals surface area contributed by atoms with Gasteiger partial charge in [-0.15, -0.1) is 0 Å². The number of nitrogens with two attached hydrogens (primary N) is 1. The second-order valence-corrected chi connectivity index (χ2v) is 24.4. The Balaban J connectivity index is 1.70. The molecule has 1 heterocycles. The van der Waals surface area contributed by atoms with Crippen molar-refractivity contribution in [3.63, 3.8) is 0 Å². The number of nitrogens with one attached hydrogen (secondary N) is 6. The van der Waals surface area contributed by atoms with Crippen LogP contribution in [0.5, 0.6) is 0 Å². The standard InChI is InChI=1S/C65H106N10O15/c1-16-42(9)56(50(86-14)37-52(77)75-33-22-26-49(75)58(87-15)43(10)59(79)68-44(11)57(78)46-23-19-18-20-24-46)73(12)63(83)54(40(5)6)72-62(82)55(41(7)8)74(13)65(85)90-38-45-27-29-47(30-28-45)69-60(80)48(25-21-32-67-64(66)84)70-61(81)53(39(3)4)71-51(76)31-34-89-36-35-88-17-2/h18-20,23-24,27-30,39-44,48-50,53-58,78H,16-17,21-22,25-26,31-38H2,1-15H3,(H,68,79)(H,69,80)(H,70,81)(H,71,76)(H,72,82)(H3,66,67,84)/t42-,43+,44+,48-,49-,50+,53-,54-,55-,56-,57+,58+/m0/s1. The Bertz CT molecular complexity index is 2580. The summed E-state index contributed by atoms with van der Waals surface area (Å²) >= 11 is 0. The number of carbonyl (C=O) groups is 9. The molecule has 25 heteroatoms. The Hall–Kier alpha value is -6.93. The molecular weight excluding hydrogens is 1160 g/mol. The Morgan fingerprint density at radius 1 is 0.722 bits per heavy atom. The van der Waals surface area contributed by atoms with Gasteiger partial charge < -0.3 is 76.2 Å². The molecule has 9 N–H and O–H groups in total. The lowest BCUT2D eigenvalue weighted by Gasteiger charge is -2.41. The van der Waals surface area contributed by atoms with Crippen LogP contribution in [-0.2, 0) is 63.9 Å². The zero-order valence-electron chi connectivity index (χ0n) is 55.8. The highest BCUT2D eigenvalue weighted by atomic mass is 16.6. The number of primary amides is 1. The van der Waals surface area contributed by atoms with Crippen molar-refractivity contribution in [2.45, 2.75) is 188 Å². The van der Waals surface area contributed by atoms with Crippen LogP contribution < -0.4 is 37.6 Å². The maximum absolute atomic E-state index is 14.8. The third-order valence-electron chi connectivity index (χ3n) is 16.6. The number of likely N-dealkylation sites (N-methyl/N-ethyl adjacent to an activating group) is 2. The summed E-state index contributed by atoms with van der Waals surface area (Å²) < 4.78 is 28.4. The van der Waals surface area contributed by atoms with Crippen LogP contribution >= 0.6 is 0 Å². The number of amides is 10. The van der Waals surface area contributed by atoms with E-state index in [0.29, 0.717) is 62.4 Å². The number of aliphatic hydroxyl groups is 1. The molecule has 25 nitrogen and oxygen atoms in total. The molecule has 506 valence electrons. The van der Waals surface area contributed by atoms with E-state index in [1.165, 1.54) is 26.2 Å². The monoisotopic (exact) mass is 1270 g/mol. The number of ether oxygens (including phenoxy) is 5. The lowest BCUT2D eigenvalue weighted by atomic mass is 9.89. The smallest absolute Gasteiger partial charge is 0.410 e. The van der Waals surface area contributed by atoms with Crippen molar-refractivity contribution in [1.29, 1.82) is 0 Å². The van der Waals surface area contributed by atoms with Crippen LogP contribution in [0.25, 0.3) is 0 Å². The number of likely N-dealkylation sites (tertiary alicyclic amines) is 1. The SMILES string of the molecule is CCOCCOCCC(=O)N[C@H](C(=O)N[C@@H](CCCNC(N)=O)C(=O)Nc1ccc(COC(=O)N(C)[C@H](C(=O)N[C@H](C(=O)N(C)[C@@H]([C@@H](C)CC)[C@@H](CC(=O)N2CCC[C@H]2[C@H](OC)[C@@H](C)C(=O)N[C@H](C)[C@@H](O)c2ccccc2)OC)C(C)C)C(C)C)cc1)C(C)C. The molecule has 10 amide bonds. The fourth-order valence-corrected chi connectivity index (χ4v) is 11.2. The summed E-state index contributed by atoms with van der Waals surface area (Å²) in [6.45, 7) is 21.7. The molecule has 0 unspecified atom stereocenters. The van der Waals surface area contributed by atoms with Crippen LogP contribution in [0, 0.1) is 29.6 Å². The van der Waals surface area contributed by atoms with Crippen molar-refractivity contribution in [2.75, 3.05) is 73.1 Å². The molecule has 0 spiro atoms. The summed E-state index contributed by atoms with van der Waals surface area (Å²) in [5.41, 5.74) is 6.80. The van der Waals surface area contributed by atoms with Gasteiger partial charge >= 0.3 is 12.1 Å². The van der Waals surface area contributed by atoms with E-state index in [-0.39, 0.29) is 69.1 Å². The van der Waals surface area contributed by atoms with Gasteiger partial charge in [-0.3, -0.25) is 38.5 Å². The average molecular weight is 1270 g/mol. The Morgan fingerprint density at radius 3 is 1.94 bits per heavy atom. The molecule has 1 aliphatic rings. The molecule has 0 saturated carbocycles. The van der Waals surface area contributed by atoms with Crippen LogP contribution in [0.4, 0.5) is 15.3 Å². The van der Waals surface area contributed by atoms with Gasteiger partial charge in [-0.2, -0.15) is 0 Å². The minimum absolute atomic E-state index is 0.00849. The number of rotatable bonds is 39. The Morgan fingerprint density at radius 2 is 1.37 bits per heavy atom. The fourth-order valence-electron chi connectivity index (χ4n) is 11.2. The average Bonchev–Trinajstić information content (AvgIpc) is 3.44. The Labute approximate surface area is 533 Å². The van der Waals surface area contributed by atoms with E-state index in [1.807, 2.05) is 39.0 Å². The van der Waals surface area contributed by atoms with Gasteiger partial charge in [0.25, 0.3) is 0 Å². The largest absolute Gasteiger partial charge is 0.445 e. The third kappa shape index (κ3) is 24.0. The van der Waals surface area contributed by atoms with Crippen molar-refractivity contribution in [3.05, 3.63) is 65.7 Å². The topological polar surface area (TPSA) is 328 Å². The highest BCUT2D eigenvalue weighted by Gasteiger charge is 2.44. The third-order valence-corrected chi connectivity index (χ3v) is 16.6. The maximum atomic E-state index is 14.8. The van der Waals surface area contributed by atoms with Gasteiger partial charge in [0.05, 0.1) is 68.6 Å². The molecule has 1 fully saturated rings. The molecule has 90 heavy (non-hydrogen) atoms. The number of methoxy groups -OCH3 is 2. The number of urea groups is 1. The van der Waals surface area contributed by atoms with E-state index in [4.69, 9.17) is 29.4 Å². The second-order valence-electron chi connectivity index (χ2n) is 24.4. The Kier molecular flexibility index (Phi) is 33.8. The summed E-state index contributed by atoms with van der Waals surface area (Å²) in [6.07, 6.45) is -0.968. The molecule has 2 aromatic rings. The molecule has 1 aliphatic heterocycles. The first-order valence-electron chi connectivity index (χ1n) is 31.7. The highest BCUT2D eigenvalue weighted by molar-refractivity contribution is 5.98. The first kappa shape index (κ1) is 77.3. The number of aliphatic hydroxyl groups excluding tert-OH is 1. The fraction of sp³-hybridized carbons (Fsp3) is 0.677. The zero-order chi connectivity index (χ0) is 67.4. The van der Waals surface area contributed by atoms with Crippen molar-refractivity contribution >= 4 is 59.2 Å². The van der Waals surface area contributed by atoms with Crippen LogP contribution in [0.1, 0.15) is 138 Å². The molecule has 0 aromatic heterocycles. The number of nitrogens with zero attached hydrogens (tertiary/aromatic N) is 3. The number of hydrogen-bond donors (Lipinski definition) is 8. The molecule has 2 aromatic carbocycles. The van der Waals surface area contributed by atoms with E-state index in [0.717, 1.165) is 0 Å². The van der Waals surface area contributed by atoms with E-state index >= 15 is 0 Å². The van der Waals surface area contributed by atoms with Crippen molar-refractivity contribution in [3.8, 4) is 0 Å². The normalized spacial score (nSPS) is 16.9. The molecular formula is C65H106N10O15. The van der Waals surface area contributed by atoms with Gasteiger partial charge in [-0.1, -0.05) is 111 Å². The highest BCUT2D eigenvalue weighted by Crippen LogP contribution is 2.30. The van der Waals surface area contributed by atoms with Crippen LogP contribution in [0.2, 0.25) is 0 Å². The van der Waals surface area contributed by atoms with Crippen LogP contribution in [0.3, 0.4) is 0 Å². The predicted octanol–water partition coefficient (Wildman–Crippen LogP) is 5.03. The van der Waals surface area contributed by atoms with Gasteiger partial charge in [-0.05, 0) is 86.5 Å². The van der Waals surface area contributed by atoms with E-state index in [2.05, 4.69) is 31.9 Å². The van der Waals surface area contributed by atoms with Crippen molar-refractivity contribution < 1.29 is 71.9 Å². The summed E-state index contributed by atoms with van der Waals surface area (Å²) in [7, 11) is 6.10. The number of carbonyl (C=O) groups excluding carboxylic acids is 9. The summed E-state index contributed by atoms with van der Waals surface area (Å²) in [5.74, 6) is -5.15. The van der Waals surface area contributed by atoms with Gasteiger partial charge in [0.15, 0.2) is 0 Å². The lowest BCUT2D eigenvalue weighted by molar-refractivity contribution is -0.148. The number of hydrogen-bond acceptors (Lipinski definition) is 15. The van der Waals surface area contributed by atoms with Crippen molar-refractivity contribution in [1.82, 2.24) is 41.3 Å². The van der Waals surface area contributed by atoms with Gasteiger partial charge in [0, 0.05) is 60.1 Å². The first-order chi connectivity index (χ1) is 42.6. The minimum atomic E-state index is -1.08. The number of benzene rings is 2. The molecule has 0 bridgehead atoms. The maximum Gasteiger partial charge on any atom is 0.410 e. The lowest BCUT2D eigenvalue weighted by Crippen LogP contribution is -2.60. The molecule has 0 radical (unpaired) electrons. The second kappa shape index (κ2) is 39.4. The molecule has 1 saturated heterocycles. The summed E-state index contributed by atoms with van der Waals surface area (Å²) in [4.78, 5) is 127. The minimum Gasteiger partial charge on any atom is -0.445 e. The van der Waals surface area contributed by atoms with E-state index in [1.54, 1.807) is 109 Å². The van der Waals surface area contributed by atoms with E-state index < -0.39 is 120 Å². The zero-order valence-corrected chi connectivity index (χ0v) is 55.8.